The molecule has 0 aliphatic carbocycles. The van der Waals surface area contributed by atoms with Crippen LogP contribution in [0.3, 0.4) is 0 Å². The van der Waals surface area contributed by atoms with E-state index in [1.165, 1.54) is 10.8 Å². The molecule has 0 unspecified atom stereocenters. The molecule has 174 valence electrons. The summed E-state index contributed by atoms with van der Waals surface area (Å²) < 4.78 is 2.29. The second-order valence-corrected chi connectivity index (χ2v) is 8.91. The van der Waals surface area contributed by atoms with E-state index in [1.54, 1.807) is 24.8 Å². The Hall–Kier alpha value is -5.37. The van der Waals surface area contributed by atoms with Gasteiger partial charge >= 0.3 is 0 Å². The lowest BCUT2D eigenvalue weighted by molar-refractivity contribution is 1.15. The molecule has 8 heteroatoms. The molecule has 37 heavy (non-hydrogen) atoms. The minimum Gasteiger partial charge on any atom is -0.337 e. The van der Waals surface area contributed by atoms with Crippen LogP contribution in [-0.2, 0) is 0 Å². The molecule has 8 nitrogen and oxygen atoms in total. The molecule has 8 aromatic rings. The van der Waals surface area contributed by atoms with Crippen LogP contribution >= 0.6 is 0 Å². The molecule has 0 aliphatic heterocycles. The highest BCUT2D eigenvalue weighted by Gasteiger charge is 2.17. The van der Waals surface area contributed by atoms with Crippen molar-refractivity contribution in [2.45, 2.75) is 0 Å². The van der Waals surface area contributed by atoms with Crippen LogP contribution in [0.4, 0.5) is 0 Å². The van der Waals surface area contributed by atoms with Gasteiger partial charge in [-0.2, -0.15) is 0 Å². The molecule has 0 radical (unpaired) electrons. The standard InChI is InChI=1S/C29H18N8/c1-3-7-26-18(5-1)19-6-2-4-8-27(19)37(26)17-13-20(22-15-24-28(35-22)32-11-9-30-24)34-21(14-17)23-16-25-29(36-23)33-12-10-31-25/h1-16H,(H,32,35)(H,33,36). The van der Waals surface area contributed by atoms with Crippen molar-refractivity contribution < 1.29 is 0 Å². The van der Waals surface area contributed by atoms with Gasteiger partial charge in [0.15, 0.2) is 11.3 Å². The highest BCUT2D eigenvalue weighted by molar-refractivity contribution is 6.09. The number of hydrogen-bond donors (Lipinski definition) is 2. The fourth-order valence-corrected chi connectivity index (χ4v) is 5.10. The zero-order valence-corrected chi connectivity index (χ0v) is 19.4. The lowest BCUT2D eigenvalue weighted by Crippen LogP contribution is -1.98. The zero-order chi connectivity index (χ0) is 24.3. The first-order valence-corrected chi connectivity index (χ1v) is 11.9. The summed E-state index contributed by atoms with van der Waals surface area (Å²) in [6.07, 6.45) is 6.75. The van der Waals surface area contributed by atoms with Crippen molar-refractivity contribution in [1.29, 1.82) is 0 Å². The molecule has 0 amide bonds. The number of aromatic nitrogens is 8. The average molecular weight is 479 g/mol. The topological polar surface area (TPSA) is 101 Å². The SMILES string of the molecule is c1ccc2c(c1)c1ccccc1n2-c1cc(-c2cc3nccnc3[nH]2)nc(-c2cc3nccnc3[nH]2)c1. The van der Waals surface area contributed by atoms with Gasteiger partial charge in [0.25, 0.3) is 0 Å². The molecule has 8 rings (SSSR count). The van der Waals surface area contributed by atoms with Crippen molar-refractivity contribution in [3.63, 3.8) is 0 Å². The Kier molecular flexibility index (Phi) is 4.06. The fraction of sp³-hybridized carbons (Fsp3) is 0. The molecule has 6 heterocycles. The molecule has 0 aliphatic rings. The molecular weight excluding hydrogens is 460 g/mol. The Balaban J connectivity index is 1.44. The van der Waals surface area contributed by atoms with Crippen molar-refractivity contribution >= 4 is 44.1 Å². The third-order valence-electron chi connectivity index (χ3n) is 6.72. The minimum absolute atomic E-state index is 0.724. The number of aromatic amines is 2. The lowest BCUT2D eigenvalue weighted by atomic mass is 10.2. The van der Waals surface area contributed by atoms with Crippen molar-refractivity contribution in [3.05, 3.63) is 97.6 Å². The summed E-state index contributed by atoms with van der Waals surface area (Å²) in [5.74, 6) is 0. The van der Waals surface area contributed by atoms with Crippen molar-refractivity contribution in [1.82, 2.24) is 39.5 Å². The van der Waals surface area contributed by atoms with E-state index in [9.17, 15) is 0 Å². The summed E-state index contributed by atoms with van der Waals surface area (Å²) in [6.45, 7) is 0. The molecule has 0 atom stereocenters. The number of benzene rings is 2. The van der Waals surface area contributed by atoms with Crippen molar-refractivity contribution in [2.24, 2.45) is 0 Å². The molecule has 0 fully saturated rings. The van der Waals surface area contributed by atoms with Crippen LogP contribution in [-0.4, -0.2) is 39.5 Å². The first-order chi connectivity index (χ1) is 18.3. The first-order valence-electron chi connectivity index (χ1n) is 11.9. The van der Waals surface area contributed by atoms with Gasteiger partial charge in [-0.05, 0) is 36.4 Å². The number of para-hydroxylation sites is 2. The van der Waals surface area contributed by atoms with E-state index >= 15 is 0 Å². The second-order valence-electron chi connectivity index (χ2n) is 8.91. The third-order valence-corrected chi connectivity index (χ3v) is 6.72. The van der Waals surface area contributed by atoms with Crippen molar-refractivity contribution in [2.75, 3.05) is 0 Å². The molecule has 0 bridgehead atoms. The number of rotatable bonds is 3. The highest BCUT2D eigenvalue weighted by atomic mass is 15.0. The Labute approximate surface area is 209 Å². The van der Waals surface area contributed by atoms with Gasteiger partial charge in [0.1, 0.15) is 11.0 Å². The van der Waals surface area contributed by atoms with Crippen LogP contribution in [0.5, 0.6) is 0 Å². The summed E-state index contributed by atoms with van der Waals surface area (Å²) in [4.78, 5) is 29.5. The van der Waals surface area contributed by atoms with E-state index in [4.69, 9.17) is 4.98 Å². The number of hydrogen-bond acceptors (Lipinski definition) is 5. The zero-order valence-electron chi connectivity index (χ0n) is 19.4. The van der Waals surface area contributed by atoms with E-state index in [2.05, 4.69) is 95.1 Å². The van der Waals surface area contributed by atoms with E-state index in [1.807, 2.05) is 12.1 Å². The Morgan fingerprint density at radius 1 is 0.541 bits per heavy atom. The number of nitrogens with zero attached hydrogens (tertiary/aromatic N) is 6. The first kappa shape index (κ1) is 19.9. The predicted octanol–water partition coefficient (Wildman–Crippen LogP) is 6.06. The summed E-state index contributed by atoms with van der Waals surface area (Å²) in [5, 5.41) is 2.41. The minimum atomic E-state index is 0.724. The van der Waals surface area contributed by atoms with Gasteiger partial charge in [-0.25, -0.2) is 15.0 Å². The number of pyridine rings is 1. The van der Waals surface area contributed by atoms with Crippen LogP contribution in [0.1, 0.15) is 0 Å². The third kappa shape index (κ3) is 3.06. The van der Waals surface area contributed by atoms with Gasteiger partial charge in [0, 0.05) is 35.6 Å². The van der Waals surface area contributed by atoms with Gasteiger partial charge in [0.05, 0.1) is 39.5 Å². The van der Waals surface area contributed by atoms with Gasteiger partial charge < -0.3 is 14.5 Å². The summed E-state index contributed by atoms with van der Waals surface area (Å²) >= 11 is 0. The van der Waals surface area contributed by atoms with Crippen LogP contribution < -0.4 is 0 Å². The van der Waals surface area contributed by atoms with Gasteiger partial charge in [-0.3, -0.25) is 9.97 Å². The van der Waals surface area contributed by atoms with Crippen LogP contribution in [0.2, 0.25) is 0 Å². The molecule has 2 N–H and O–H groups in total. The molecule has 2 aromatic carbocycles. The molecular formula is C29H18N8. The number of nitrogens with one attached hydrogen (secondary N) is 2. The molecule has 0 spiro atoms. The Bertz CT molecular complexity index is 1900. The largest absolute Gasteiger partial charge is 0.337 e. The van der Waals surface area contributed by atoms with E-state index in [-0.39, 0.29) is 0 Å². The maximum absolute atomic E-state index is 5.05. The Morgan fingerprint density at radius 2 is 1.03 bits per heavy atom. The van der Waals surface area contributed by atoms with Crippen LogP contribution in [0, 0.1) is 0 Å². The smallest absolute Gasteiger partial charge is 0.156 e. The van der Waals surface area contributed by atoms with Gasteiger partial charge in [-0.15, -0.1) is 0 Å². The van der Waals surface area contributed by atoms with E-state index in [0.29, 0.717) is 0 Å². The fourth-order valence-electron chi connectivity index (χ4n) is 5.10. The normalized spacial score (nSPS) is 11.8. The van der Waals surface area contributed by atoms with Gasteiger partial charge in [-0.1, -0.05) is 36.4 Å². The predicted molar refractivity (Wildman–Crippen MR) is 144 cm³/mol. The molecule has 0 saturated heterocycles. The number of fused-ring (bicyclic) bond motifs is 5. The summed E-state index contributed by atoms with van der Waals surface area (Å²) in [5.41, 5.74) is 9.56. The van der Waals surface area contributed by atoms with Crippen molar-refractivity contribution in [3.8, 4) is 28.5 Å². The van der Waals surface area contributed by atoms with E-state index in [0.717, 1.165) is 61.8 Å². The van der Waals surface area contributed by atoms with Crippen LogP contribution in [0.25, 0.3) is 72.6 Å². The summed E-state index contributed by atoms with van der Waals surface area (Å²) in [7, 11) is 0. The average Bonchev–Trinajstić information content (AvgIpc) is 3.66. The quantitative estimate of drug-likeness (QED) is 0.322. The summed E-state index contributed by atoms with van der Waals surface area (Å²) in [6, 6.07) is 25.1. The van der Waals surface area contributed by atoms with E-state index < -0.39 is 0 Å². The lowest BCUT2D eigenvalue weighted by Gasteiger charge is -2.12. The monoisotopic (exact) mass is 478 g/mol. The highest BCUT2D eigenvalue weighted by Crippen LogP contribution is 2.35. The van der Waals surface area contributed by atoms with Crippen LogP contribution in [0.15, 0.2) is 97.6 Å². The second kappa shape index (κ2) is 7.56. The molecule has 0 saturated carbocycles. The molecule has 6 aromatic heterocycles. The number of H-pyrrole nitrogens is 2. The maximum atomic E-state index is 5.05. The Morgan fingerprint density at radius 3 is 1.54 bits per heavy atom. The maximum Gasteiger partial charge on any atom is 0.156 e. The van der Waals surface area contributed by atoms with Gasteiger partial charge in [0.2, 0.25) is 0 Å².